The molecule has 3 rings (SSSR count). The summed E-state index contributed by atoms with van der Waals surface area (Å²) in [5, 5.41) is 2.04. The first-order valence-electron chi connectivity index (χ1n) is 10.5. The number of hydrogen-bond acceptors (Lipinski definition) is 7. The Balaban J connectivity index is 1.43. The molecule has 0 fully saturated rings. The number of ether oxygens (including phenoxy) is 1. The second-order valence-electron chi connectivity index (χ2n) is 7.47. The van der Waals surface area contributed by atoms with Crippen molar-refractivity contribution in [1.82, 2.24) is 4.98 Å². The fourth-order valence-corrected chi connectivity index (χ4v) is 3.71. The molecule has 0 aliphatic carbocycles. The van der Waals surface area contributed by atoms with Crippen molar-refractivity contribution in [3.05, 3.63) is 58.3 Å². The van der Waals surface area contributed by atoms with Gasteiger partial charge < -0.3 is 9.15 Å². The number of benzene rings is 1. The van der Waals surface area contributed by atoms with Gasteiger partial charge in [0, 0.05) is 6.42 Å². The Morgan fingerprint density at radius 3 is 2.61 bits per heavy atom. The highest BCUT2D eigenvalue weighted by atomic mass is 32.1. The molecule has 6 nitrogen and oxygen atoms in total. The smallest absolute Gasteiger partial charge is 0.342 e. The van der Waals surface area contributed by atoms with E-state index in [1.165, 1.54) is 5.56 Å². The molecule has 0 N–H and O–H groups in total. The second kappa shape index (κ2) is 11.1. The molecule has 1 atom stereocenters. The number of aromatic nitrogens is 1. The molecule has 0 aliphatic heterocycles. The highest BCUT2D eigenvalue weighted by molar-refractivity contribution is 7.13. The first-order valence-corrected chi connectivity index (χ1v) is 11.4. The van der Waals surface area contributed by atoms with Crippen molar-refractivity contribution in [2.75, 3.05) is 6.61 Å². The number of carbonyl (C=O) groups excluding carboxylic acids is 1. The van der Waals surface area contributed by atoms with Gasteiger partial charge in [-0.1, -0.05) is 19.1 Å². The number of nitrogens with zero attached hydrogens (tertiary/aromatic N) is 1. The van der Waals surface area contributed by atoms with Crippen LogP contribution in [0.2, 0.25) is 0 Å². The summed E-state index contributed by atoms with van der Waals surface area (Å²) in [5.41, 5.74) is 3.12. The second-order valence-corrected chi connectivity index (χ2v) is 8.38. The lowest BCUT2D eigenvalue weighted by Crippen LogP contribution is -2.13. The van der Waals surface area contributed by atoms with Crippen molar-refractivity contribution in [3.63, 3.8) is 0 Å². The van der Waals surface area contributed by atoms with Gasteiger partial charge in [-0.3, -0.25) is 4.89 Å². The SMILES string of the molecule is CCC(C)OOC(=O)CCc1ccc(OCCc2nc(-c3sccc3C)oc2C)cc1. The molecule has 0 spiro atoms. The molecule has 0 radical (unpaired) electrons. The molecule has 1 aromatic carbocycles. The van der Waals surface area contributed by atoms with Crippen molar-refractivity contribution in [1.29, 1.82) is 0 Å². The van der Waals surface area contributed by atoms with Crippen molar-refractivity contribution in [3.8, 4) is 16.5 Å². The largest absolute Gasteiger partial charge is 0.493 e. The van der Waals surface area contributed by atoms with Crippen LogP contribution in [0.3, 0.4) is 0 Å². The van der Waals surface area contributed by atoms with Crippen LogP contribution in [0.1, 0.15) is 49.3 Å². The maximum atomic E-state index is 11.7. The standard InChI is InChI=1S/C24H29NO5S/c1-5-17(3)29-30-22(26)11-8-19-6-9-20(10-7-19)27-14-12-21-18(4)28-24(25-21)23-16(2)13-15-31-23/h6-7,9-10,13,15,17H,5,8,11-12,14H2,1-4H3. The van der Waals surface area contributed by atoms with Gasteiger partial charge in [0.2, 0.25) is 5.89 Å². The molecule has 1 unspecified atom stereocenters. The van der Waals surface area contributed by atoms with E-state index in [9.17, 15) is 4.79 Å². The summed E-state index contributed by atoms with van der Waals surface area (Å²) in [6, 6.07) is 9.79. The zero-order chi connectivity index (χ0) is 22.2. The summed E-state index contributed by atoms with van der Waals surface area (Å²) >= 11 is 1.63. The minimum absolute atomic E-state index is 0.0900. The van der Waals surface area contributed by atoms with Crippen LogP contribution in [0.5, 0.6) is 5.75 Å². The Hall–Kier alpha value is -2.64. The maximum Gasteiger partial charge on any atom is 0.342 e. The third-order valence-corrected chi connectivity index (χ3v) is 5.98. The third-order valence-electron chi connectivity index (χ3n) is 4.98. The minimum Gasteiger partial charge on any atom is -0.493 e. The topological polar surface area (TPSA) is 70.8 Å². The molecule has 0 bridgehead atoms. The van der Waals surface area contributed by atoms with Gasteiger partial charge in [-0.05, 0) is 68.3 Å². The van der Waals surface area contributed by atoms with Gasteiger partial charge in [-0.15, -0.1) is 11.3 Å². The molecule has 166 valence electrons. The van der Waals surface area contributed by atoms with Crippen LogP contribution < -0.4 is 4.74 Å². The van der Waals surface area contributed by atoms with Crippen LogP contribution in [-0.4, -0.2) is 23.7 Å². The highest BCUT2D eigenvalue weighted by Crippen LogP contribution is 2.29. The zero-order valence-electron chi connectivity index (χ0n) is 18.5. The Kier molecular flexibility index (Phi) is 8.26. The maximum absolute atomic E-state index is 11.7. The number of thiophene rings is 1. The van der Waals surface area contributed by atoms with Crippen LogP contribution in [0, 0.1) is 13.8 Å². The number of rotatable bonds is 11. The van der Waals surface area contributed by atoms with Gasteiger partial charge in [0.15, 0.2) is 0 Å². The summed E-state index contributed by atoms with van der Waals surface area (Å²) in [5.74, 6) is 1.92. The third kappa shape index (κ3) is 6.67. The molecule has 7 heteroatoms. The Morgan fingerprint density at radius 2 is 1.94 bits per heavy atom. The first-order chi connectivity index (χ1) is 15.0. The van der Waals surface area contributed by atoms with Gasteiger partial charge in [-0.25, -0.2) is 9.78 Å². The minimum atomic E-state index is -0.360. The van der Waals surface area contributed by atoms with E-state index < -0.39 is 0 Å². The van der Waals surface area contributed by atoms with Gasteiger partial charge >= 0.3 is 5.97 Å². The van der Waals surface area contributed by atoms with Crippen molar-refractivity contribution in [2.45, 2.75) is 59.5 Å². The van der Waals surface area contributed by atoms with Crippen LogP contribution in [0.25, 0.3) is 10.8 Å². The molecule has 0 aliphatic rings. The van der Waals surface area contributed by atoms with E-state index >= 15 is 0 Å². The Bertz CT molecular complexity index is 976. The van der Waals surface area contributed by atoms with Crippen LogP contribution in [0.4, 0.5) is 0 Å². The summed E-state index contributed by atoms with van der Waals surface area (Å²) in [6.45, 7) is 8.33. The molecule has 31 heavy (non-hydrogen) atoms. The Morgan fingerprint density at radius 1 is 1.16 bits per heavy atom. The lowest BCUT2D eigenvalue weighted by Gasteiger charge is -2.09. The average Bonchev–Trinajstić information content (AvgIpc) is 3.36. The van der Waals surface area contributed by atoms with E-state index in [-0.39, 0.29) is 18.5 Å². The summed E-state index contributed by atoms with van der Waals surface area (Å²) in [7, 11) is 0. The lowest BCUT2D eigenvalue weighted by molar-refractivity contribution is -0.294. The number of hydrogen-bond donors (Lipinski definition) is 0. The molecule has 2 aromatic heterocycles. The van der Waals surface area contributed by atoms with E-state index in [1.807, 2.05) is 50.4 Å². The summed E-state index contributed by atoms with van der Waals surface area (Å²) in [6.07, 6.45) is 2.23. The van der Waals surface area contributed by atoms with Crippen molar-refractivity contribution < 1.29 is 23.7 Å². The predicted octanol–water partition coefficient (Wildman–Crippen LogP) is 5.85. The van der Waals surface area contributed by atoms with Gasteiger partial charge in [0.1, 0.15) is 17.6 Å². The van der Waals surface area contributed by atoms with Crippen LogP contribution in [-0.2, 0) is 27.4 Å². The lowest BCUT2D eigenvalue weighted by atomic mass is 10.1. The zero-order valence-corrected chi connectivity index (χ0v) is 19.3. The van der Waals surface area contributed by atoms with Gasteiger partial charge in [0.25, 0.3) is 0 Å². The van der Waals surface area contributed by atoms with Gasteiger partial charge in [0.05, 0.1) is 23.6 Å². The molecule has 0 saturated heterocycles. The van der Waals surface area contributed by atoms with Crippen LogP contribution >= 0.6 is 11.3 Å². The average molecular weight is 444 g/mol. The fraction of sp³-hybridized carbons (Fsp3) is 0.417. The van der Waals surface area contributed by atoms with Gasteiger partial charge in [-0.2, -0.15) is 4.89 Å². The number of aryl methyl sites for hydroxylation is 3. The normalized spacial score (nSPS) is 12.0. The monoisotopic (exact) mass is 443 g/mol. The van der Waals surface area contributed by atoms with E-state index in [4.69, 9.17) is 18.9 Å². The fourth-order valence-electron chi connectivity index (χ4n) is 2.86. The molecule has 0 amide bonds. The quantitative estimate of drug-likeness (QED) is 0.274. The van der Waals surface area contributed by atoms with Crippen LogP contribution in [0.15, 0.2) is 40.1 Å². The summed E-state index contributed by atoms with van der Waals surface area (Å²) < 4.78 is 11.7. The molecular weight excluding hydrogens is 414 g/mol. The molecule has 3 aromatic rings. The Labute approximate surface area is 187 Å². The summed E-state index contributed by atoms with van der Waals surface area (Å²) in [4.78, 5) is 27.2. The highest BCUT2D eigenvalue weighted by Gasteiger charge is 2.14. The number of carbonyl (C=O) groups is 1. The van der Waals surface area contributed by atoms with Crippen molar-refractivity contribution in [2.24, 2.45) is 0 Å². The number of oxazole rings is 1. The van der Waals surface area contributed by atoms with E-state index in [0.29, 0.717) is 25.3 Å². The van der Waals surface area contributed by atoms with E-state index in [2.05, 4.69) is 18.0 Å². The predicted molar refractivity (Wildman–Crippen MR) is 120 cm³/mol. The van der Waals surface area contributed by atoms with E-state index in [0.717, 1.165) is 34.1 Å². The first kappa shape index (κ1) is 23.0. The molecular formula is C24H29NO5S. The van der Waals surface area contributed by atoms with E-state index in [1.54, 1.807) is 11.3 Å². The van der Waals surface area contributed by atoms with Crippen molar-refractivity contribution >= 4 is 17.3 Å². The molecule has 2 heterocycles. The molecule has 0 saturated carbocycles.